The van der Waals surface area contributed by atoms with Gasteiger partial charge < -0.3 is 24.1 Å². The summed E-state index contributed by atoms with van der Waals surface area (Å²) in [5.74, 6) is 0.372. The predicted octanol–water partition coefficient (Wildman–Crippen LogP) is 2.22. The van der Waals surface area contributed by atoms with E-state index in [1.54, 1.807) is 36.4 Å². The number of fused-ring (bicyclic) bond motifs is 1. The molecule has 3 aromatic rings. The molecule has 12 nitrogen and oxygen atoms in total. The highest BCUT2D eigenvalue weighted by Gasteiger charge is 2.27. The van der Waals surface area contributed by atoms with Crippen molar-refractivity contribution in [1.82, 2.24) is 15.1 Å². The first kappa shape index (κ1) is 22.1. The van der Waals surface area contributed by atoms with Gasteiger partial charge in [-0.05, 0) is 36.4 Å². The largest absolute Gasteiger partial charge is 0.465 e. The number of aromatic nitrogens is 2. The molecular formula is C23H19N5O7. The lowest BCUT2D eigenvalue weighted by Gasteiger charge is -2.21. The van der Waals surface area contributed by atoms with Gasteiger partial charge in [0.15, 0.2) is 11.5 Å². The third-order valence-electron chi connectivity index (χ3n) is 5.27. The van der Waals surface area contributed by atoms with Gasteiger partial charge in [-0.15, -0.1) is 0 Å². The highest BCUT2D eigenvalue weighted by Crippen LogP contribution is 2.35. The van der Waals surface area contributed by atoms with Crippen molar-refractivity contribution in [3.63, 3.8) is 0 Å². The van der Waals surface area contributed by atoms with Gasteiger partial charge in [0, 0.05) is 24.1 Å². The molecule has 178 valence electrons. The van der Waals surface area contributed by atoms with E-state index < -0.39 is 11.9 Å². The maximum atomic E-state index is 12.5. The number of methoxy groups -OCH3 is 1. The standard InChI is InChI=1S/C23H19N5O7/c1-32-23(31)14-3-2-4-15(9-14)24-19(29)11-28-20(30)8-6-16(26-28)22-25-21(27-35-22)13-5-7-17-18(10-13)34-12-33-17/h2-5,7,9-10H,6,8,11-12H2,1H3,(H,24,29). The van der Waals surface area contributed by atoms with E-state index in [1.807, 2.05) is 0 Å². The number of hydrogen-bond donors (Lipinski definition) is 1. The number of esters is 1. The van der Waals surface area contributed by atoms with Crippen molar-refractivity contribution in [2.45, 2.75) is 12.8 Å². The molecule has 0 atom stereocenters. The Bertz CT molecular complexity index is 1350. The zero-order chi connectivity index (χ0) is 24.4. The summed E-state index contributed by atoms with van der Waals surface area (Å²) in [6, 6.07) is 11.5. The van der Waals surface area contributed by atoms with Crippen molar-refractivity contribution in [3.8, 4) is 22.9 Å². The molecule has 2 amide bonds. The molecule has 0 bridgehead atoms. The lowest BCUT2D eigenvalue weighted by Crippen LogP contribution is -2.38. The van der Waals surface area contributed by atoms with Gasteiger partial charge in [-0.25, -0.2) is 9.80 Å². The van der Waals surface area contributed by atoms with E-state index in [1.165, 1.54) is 13.2 Å². The number of ether oxygens (including phenoxy) is 3. The Morgan fingerprint density at radius 2 is 1.97 bits per heavy atom. The van der Waals surface area contributed by atoms with Crippen LogP contribution in [0.25, 0.3) is 11.4 Å². The van der Waals surface area contributed by atoms with Gasteiger partial charge in [-0.1, -0.05) is 11.2 Å². The van der Waals surface area contributed by atoms with Crippen molar-refractivity contribution < 1.29 is 33.1 Å². The number of amides is 2. The fourth-order valence-electron chi connectivity index (χ4n) is 3.55. The van der Waals surface area contributed by atoms with Gasteiger partial charge in [0.25, 0.3) is 5.89 Å². The molecule has 0 saturated heterocycles. The summed E-state index contributed by atoms with van der Waals surface area (Å²) >= 11 is 0. The molecule has 12 heteroatoms. The number of carbonyl (C=O) groups excluding carboxylic acids is 3. The third-order valence-corrected chi connectivity index (χ3v) is 5.27. The van der Waals surface area contributed by atoms with E-state index in [0.717, 1.165) is 5.01 Å². The fourth-order valence-corrected chi connectivity index (χ4v) is 3.55. The van der Waals surface area contributed by atoms with Crippen molar-refractivity contribution >= 4 is 29.2 Å². The first-order chi connectivity index (χ1) is 17.0. The number of hydrazone groups is 1. The zero-order valence-corrected chi connectivity index (χ0v) is 18.5. The maximum absolute atomic E-state index is 12.5. The second-order valence-corrected chi connectivity index (χ2v) is 7.61. The van der Waals surface area contributed by atoms with Gasteiger partial charge in [-0.3, -0.25) is 9.59 Å². The van der Waals surface area contributed by atoms with Crippen molar-refractivity contribution in [1.29, 1.82) is 0 Å². The normalized spacial score (nSPS) is 14.5. The summed E-state index contributed by atoms with van der Waals surface area (Å²) in [5.41, 5.74) is 1.73. The first-order valence-corrected chi connectivity index (χ1v) is 10.6. The van der Waals surface area contributed by atoms with Crippen LogP contribution in [0.15, 0.2) is 52.1 Å². The zero-order valence-electron chi connectivity index (χ0n) is 18.5. The van der Waals surface area contributed by atoms with Crippen molar-refractivity contribution in [2.24, 2.45) is 5.10 Å². The fraction of sp³-hybridized carbons (Fsp3) is 0.217. The number of carbonyl (C=O) groups is 3. The molecular weight excluding hydrogens is 458 g/mol. The van der Waals surface area contributed by atoms with Crippen LogP contribution in [0.1, 0.15) is 29.1 Å². The summed E-state index contributed by atoms with van der Waals surface area (Å²) in [4.78, 5) is 41.0. The summed E-state index contributed by atoms with van der Waals surface area (Å²) in [6.07, 6.45) is 0.423. The summed E-state index contributed by atoms with van der Waals surface area (Å²) in [7, 11) is 1.27. The Kier molecular flexibility index (Phi) is 5.83. The summed E-state index contributed by atoms with van der Waals surface area (Å²) in [5, 5.41) is 12.0. The van der Waals surface area contributed by atoms with Gasteiger partial charge in [0.1, 0.15) is 12.3 Å². The van der Waals surface area contributed by atoms with Gasteiger partial charge in [0.05, 0.1) is 12.7 Å². The van der Waals surface area contributed by atoms with Gasteiger partial charge in [-0.2, -0.15) is 10.1 Å². The van der Waals surface area contributed by atoms with E-state index in [2.05, 4.69) is 25.3 Å². The van der Waals surface area contributed by atoms with E-state index in [-0.39, 0.29) is 37.1 Å². The number of rotatable bonds is 6. The van der Waals surface area contributed by atoms with Crippen LogP contribution in [0.3, 0.4) is 0 Å². The molecule has 2 aromatic carbocycles. The van der Waals surface area contributed by atoms with E-state index >= 15 is 0 Å². The Morgan fingerprint density at radius 3 is 2.83 bits per heavy atom. The minimum absolute atomic E-state index is 0.131. The third kappa shape index (κ3) is 4.67. The highest BCUT2D eigenvalue weighted by atomic mass is 16.7. The summed E-state index contributed by atoms with van der Waals surface area (Å²) in [6.45, 7) is -0.171. The molecule has 1 N–H and O–H groups in total. The molecule has 0 aliphatic carbocycles. The molecule has 2 aliphatic rings. The SMILES string of the molecule is COC(=O)c1cccc(NC(=O)CN2N=C(c3nc(-c4ccc5c(c4)OCO5)no3)CCC2=O)c1. The quantitative estimate of drug-likeness (QED) is 0.528. The lowest BCUT2D eigenvalue weighted by molar-refractivity contribution is -0.135. The van der Waals surface area contributed by atoms with E-state index in [0.29, 0.717) is 40.7 Å². The molecule has 1 aromatic heterocycles. The minimum atomic E-state index is -0.527. The van der Waals surface area contributed by atoms with Gasteiger partial charge >= 0.3 is 5.97 Å². The number of hydrogen-bond acceptors (Lipinski definition) is 10. The monoisotopic (exact) mass is 477 g/mol. The average Bonchev–Trinajstić information content (AvgIpc) is 3.54. The van der Waals surface area contributed by atoms with Crippen LogP contribution < -0.4 is 14.8 Å². The van der Waals surface area contributed by atoms with Gasteiger partial charge in [0.2, 0.25) is 24.4 Å². The molecule has 3 heterocycles. The Labute approximate surface area is 198 Å². The second kappa shape index (κ2) is 9.25. The number of anilines is 1. The Hall–Kier alpha value is -4.74. The Morgan fingerprint density at radius 1 is 1.11 bits per heavy atom. The molecule has 0 spiro atoms. The molecule has 0 unspecified atom stereocenters. The highest BCUT2D eigenvalue weighted by molar-refractivity contribution is 6.03. The molecule has 5 rings (SSSR count). The second-order valence-electron chi connectivity index (χ2n) is 7.61. The molecule has 2 aliphatic heterocycles. The maximum Gasteiger partial charge on any atom is 0.337 e. The smallest absolute Gasteiger partial charge is 0.337 e. The molecule has 0 radical (unpaired) electrons. The number of nitrogens with one attached hydrogen (secondary N) is 1. The van der Waals surface area contributed by atoms with Crippen LogP contribution >= 0.6 is 0 Å². The topological polar surface area (TPSA) is 145 Å². The lowest BCUT2D eigenvalue weighted by atomic mass is 10.1. The Balaban J connectivity index is 1.29. The van der Waals surface area contributed by atoms with Crippen LogP contribution in [-0.4, -0.2) is 59.1 Å². The van der Waals surface area contributed by atoms with Crippen LogP contribution in [-0.2, 0) is 14.3 Å². The molecule has 0 saturated carbocycles. The first-order valence-electron chi connectivity index (χ1n) is 10.6. The predicted molar refractivity (Wildman–Crippen MR) is 120 cm³/mol. The number of benzene rings is 2. The van der Waals surface area contributed by atoms with Crippen LogP contribution in [0.4, 0.5) is 5.69 Å². The summed E-state index contributed by atoms with van der Waals surface area (Å²) < 4.78 is 20.7. The van der Waals surface area contributed by atoms with E-state index in [9.17, 15) is 14.4 Å². The van der Waals surface area contributed by atoms with Crippen LogP contribution in [0.2, 0.25) is 0 Å². The van der Waals surface area contributed by atoms with Crippen LogP contribution in [0.5, 0.6) is 11.5 Å². The number of nitrogens with zero attached hydrogens (tertiary/aromatic N) is 4. The van der Waals surface area contributed by atoms with Crippen molar-refractivity contribution in [3.05, 3.63) is 53.9 Å². The minimum Gasteiger partial charge on any atom is -0.465 e. The van der Waals surface area contributed by atoms with Crippen molar-refractivity contribution in [2.75, 3.05) is 25.8 Å². The average molecular weight is 477 g/mol. The van der Waals surface area contributed by atoms with Crippen LogP contribution in [0, 0.1) is 0 Å². The molecule has 0 fully saturated rings. The van der Waals surface area contributed by atoms with E-state index in [4.69, 9.17) is 14.0 Å². The molecule has 35 heavy (non-hydrogen) atoms.